The molecule has 1 saturated heterocycles. The van der Waals surface area contributed by atoms with Gasteiger partial charge >= 0.3 is 6.03 Å². The second kappa shape index (κ2) is 4.25. The SMILES string of the molecule is Cc1cscc1CN1CC(C)C(=O)NC1=O. The van der Waals surface area contributed by atoms with Crippen molar-refractivity contribution in [3.8, 4) is 0 Å². The van der Waals surface area contributed by atoms with E-state index in [1.165, 1.54) is 5.56 Å². The van der Waals surface area contributed by atoms with Crippen molar-refractivity contribution in [2.75, 3.05) is 6.54 Å². The molecular formula is C11H14N2O2S. The molecule has 2 rings (SSSR count). The summed E-state index contributed by atoms with van der Waals surface area (Å²) in [6, 6.07) is -0.284. The lowest BCUT2D eigenvalue weighted by atomic mass is 10.1. The minimum atomic E-state index is -0.284. The van der Waals surface area contributed by atoms with E-state index in [9.17, 15) is 9.59 Å². The van der Waals surface area contributed by atoms with Gasteiger partial charge in [0.15, 0.2) is 0 Å². The maximum atomic E-state index is 11.6. The first-order chi connectivity index (χ1) is 7.58. The molecule has 4 nitrogen and oxygen atoms in total. The van der Waals surface area contributed by atoms with E-state index >= 15 is 0 Å². The van der Waals surface area contributed by atoms with E-state index in [1.807, 2.05) is 19.2 Å². The van der Waals surface area contributed by atoms with Gasteiger partial charge in [-0.1, -0.05) is 6.92 Å². The third-order valence-corrected chi connectivity index (χ3v) is 3.69. The molecule has 3 amide bonds. The number of urea groups is 1. The fourth-order valence-electron chi connectivity index (χ4n) is 1.69. The number of hydrogen-bond acceptors (Lipinski definition) is 3. The second-order valence-electron chi connectivity index (χ2n) is 4.16. The molecule has 16 heavy (non-hydrogen) atoms. The predicted octanol–water partition coefficient (Wildman–Crippen LogP) is 1.74. The van der Waals surface area contributed by atoms with Crippen LogP contribution in [0.25, 0.3) is 0 Å². The van der Waals surface area contributed by atoms with E-state index in [0.29, 0.717) is 13.1 Å². The summed E-state index contributed by atoms with van der Waals surface area (Å²) in [6.07, 6.45) is 0. The molecule has 1 aliphatic heterocycles. The number of amides is 3. The Morgan fingerprint density at radius 3 is 2.88 bits per heavy atom. The van der Waals surface area contributed by atoms with Crippen molar-refractivity contribution in [1.82, 2.24) is 10.2 Å². The molecule has 86 valence electrons. The number of rotatable bonds is 2. The molecule has 1 fully saturated rings. The Morgan fingerprint density at radius 1 is 1.50 bits per heavy atom. The van der Waals surface area contributed by atoms with Gasteiger partial charge in [0.2, 0.25) is 5.91 Å². The van der Waals surface area contributed by atoms with Crippen molar-refractivity contribution in [2.24, 2.45) is 5.92 Å². The Morgan fingerprint density at radius 2 is 2.25 bits per heavy atom. The zero-order valence-corrected chi connectivity index (χ0v) is 10.1. The molecule has 1 aromatic heterocycles. The highest BCUT2D eigenvalue weighted by molar-refractivity contribution is 7.08. The summed E-state index contributed by atoms with van der Waals surface area (Å²) < 4.78 is 0. The summed E-state index contributed by atoms with van der Waals surface area (Å²) in [7, 11) is 0. The monoisotopic (exact) mass is 238 g/mol. The largest absolute Gasteiger partial charge is 0.324 e. The molecule has 2 heterocycles. The minimum absolute atomic E-state index is 0.128. The summed E-state index contributed by atoms with van der Waals surface area (Å²) in [4.78, 5) is 24.5. The van der Waals surface area contributed by atoms with Gasteiger partial charge in [-0.25, -0.2) is 4.79 Å². The van der Waals surface area contributed by atoms with Gasteiger partial charge in [0.05, 0.1) is 5.92 Å². The van der Waals surface area contributed by atoms with Crippen molar-refractivity contribution < 1.29 is 9.59 Å². The molecule has 0 aliphatic carbocycles. The van der Waals surface area contributed by atoms with Crippen molar-refractivity contribution in [3.63, 3.8) is 0 Å². The van der Waals surface area contributed by atoms with Gasteiger partial charge in [-0.15, -0.1) is 0 Å². The van der Waals surface area contributed by atoms with E-state index in [4.69, 9.17) is 0 Å². The number of imide groups is 1. The van der Waals surface area contributed by atoms with Gasteiger partial charge in [0.1, 0.15) is 0 Å². The predicted molar refractivity (Wildman–Crippen MR) is 62.2 cm³/mol. The number of aryl methyl sites for hydroxylation is 1. The fraction of sp³-hybridized carbons (Fsp3) is 0.455. The molecule has 1 unspecified atom stereocenters. The molecule has 0 spiro atoms. The second-order valence-corrected chi connectivity index (χ2v) is 4.90. The van der Waals surface area contributed by atoms with E-state index in [-0.39, 0.29) is 17.9 Å². The Kier molecular flexibility index (Phi) is 2.96. The van der Waals surface area contributed by atoms with Crippen LogP contribution in [-0.2, 0) is 11.3 Å². The highest BCUT2D eigenvalue weighted by atomic mass is 32.1. The van der Waals surface area contributed by atoms with Gasteiger partial charge in [0.25, 0.3) is 0 Å². The van der Waals surface area contributed by atoms with Crippen LogP contribution in [0.4, 0.5) is 4.79 Å². The number of thiophene rings is 1. The van der Waals surface area contributed by atoms with Gasteiger partial charge < -0.3 is 4.90 Å². The summed E-state index contributed by atoms with van der Waals surface area (Å²) in [6.45, 7) is 4.94. The van der Waals surface area contributed by atoms with Crippen LogP contribution in [0.1, 0.15) is 18.1 Å². The Bertz CT molecular complexity index is 427. The van der Waals surface area contributed by atoms with Crippen molar-refractivity contribution in [3.05, 3.63) is 21.9 Å². The molecule has 0 radical (unpaired) electrons. The Labute approximate surface area is 98.3 Å². The Balaban J connectivity index is 2.08. The van der Waals surface area contributed by atoms with Crippen molar-refractivity contribution in [1.29, 1.82) is 0 Å². The number of nitrogens with zero attached hydrogens (tertiary/aromatic N) is 1. The number of carbonyl (C=O) groups is 2. The summed E-state index contributed by atoms with van der Waals surface area (Å²) in [5.74, 6) is -0.306. The minimum Gasteiger partial charge on any atom is -0.319 e. The van der Waals surface area contributed by atoms with Gasteiger partial charge in [0, 0.05) is 13.1 Å². The molecule has 5 heteroatoms. The summed E-state index contributed by atoms with van der Waals surface area (Å²) >= 11 is 1.63. The van der Waals surface area contributed by atoms with E-state index in [0.717, 1.165) is 5.56 Å². The molecule has 1 atom stereocenters. The molecule has 0 saturated carbocycles. The van der Waals surface area contributed by atoms with Crippen LogP contribution in [0, 0.1) is 12.8 Å². The van der Waals surface area contributed by atoms with E-state index in [2.05, 4.69) is 10.7 Å². The standard InChI is InChI=1S/C11H14N2O2S/c1-7-3-13(11(15)12-10(7)14)4-9-6-16-5-8(9)2/h5-7H,3-4H2,1-2H3,(H,12,14,15). The Hall–Kier alpha value is -1.36. The maximum Gasteiger partial charge on any atom is 0.324 e. The molecule has 1 aromatic rings. The lowest BCUT2D eigenvalue weighted by Gasteiger charge is -2.30. The van der Waals surface area contributed by atoms with Crippen molar-refractivity contribution >= 4 is 23.3 Å². The summed E-state index contributed by atoms with van der Waals surface area (Å²) in [5.41, 5.74) is 2.35. The normalized spacial score (nSPS) is 21.1. The quantitative estimate of drug-likeness (QED) is 0.853. The average molecular weight is 238 g/mol. The molecule has 1 N–H and O–H groups in total. The molecule has 0 aromatic carbocycles. The molecular weight excluding hydrogens is 224 g/mol. The third-order valence-electron chi connectivity index (χ3n) is 2.78. The smallest absolute Gasteiger partial charge is 0.319 e. The first-order valence-corrected chi connectivity index (χ1v) is 6.13. The van der Waals surface area contributed by atoms with Crippen LogP contribution in [0.2, 0.25) is 0 Å². The van der Waals surface area contributed by atoms with E-state index in [1.54, 1.807) is 16.2 Å². The summed E-state index contributed by atoms with van der Waals surface area (Å²) in [5, 5.41) is 6.47. The maximum absolute atomic E-state index is 11.6. The molecule has 1 aliphatic rings. The van der Waals surface area contributed by atoms with Crippen LogP contribution >= 0.6 is 11.3 Å². The zero-order chi connectivity index (χ0) is 11.7. The van der Waals surface area contributed by atoms with Crippen LogP contribution in [-0.4, -0.2) is 23.4 Å². The lowest BCUT2D eigenvalue weighted by molar-refractivity contribution is -0.125. The average Bonchev–Trinajstić information content (AvgIpc) is 2.61. The molecule has 0 bridgehead atoms. The fourth-order valence-corrected chi connectivity index (χ4v) is 2.54. The first-order valence-electron chi connectivity index (χ1n) is 5.19. The van der Waals surface area contributed by atoms with Gasteiger partial charge in [-0.2, -0.15) is 11.3 Å². The topological polar surface area (TPSA) is 49.4 Å². The zero-order valence-electron chi connectivity index (χ0n) is 9.32. The highest BCUT2D eigenvalue weighted by Gasteiger charge is 2.29. The van der Waals surface area contributed by atoms with Gasteiger partial charge in [-0.05, 0) is 28.8 Å². The van der Waals surface area contributed by atoms with Crippen LogP contribution in [0.15, 0.2) is 10.8 Å². The van der Waals surface area contributed by atoms with Crippen LogP contribution in [0.5, 0.6) is 0 Å². The van der Waals surface area contributed by atoms with Gasteiger partial charge in [-0.3, -0.25) is 10.1 Å². The number of carbonyl (C=O) groups excluding carboxylic acids is 2. The number of hydrogen-bond donors (Lipinski definition) is 1. The van der Waals surface area contributed by atoms with Crippen molar-refractivity contribution in [2.45, 2.75) is 20.4 Å². The first kappa shape index (κ1) is 11.1. The third kappa shape index (κ3) is 2.09. The van der Waals surface area contributed by atoms with E-state index < -0.39 is 0 Å². The van der Waals surface area contributed by atoms with Crippen LogP contribution < -0.4 is 5.32 Å². The van der Waals surface area contributed by atoms with Crippen LogP contribution in [0.3, 0.4) is 0 Å². The lowest BCUT2D eigenvalue weighted by Crippen LogP contribution is -2.53. The number of nitrogens with one attached hydrogen (secondary N) is 1. The highest BCUT2D eigenvalue weighted by Crippen LogP contribution is 2.18.